The average molecular weight is 275 g/mol. The molecule has 0 fully saturated rings. The van der Waals surface area contributed by atoms with E-state index in [9.17, 15) is 0 Å². The van der Waals surface area contributed by atoms with Gasteiger partial charge in [0.1, 0.15) is 0 Å². The van der Waals surface area contributed by atoms with Gasteiger partial charge in [0, 0.05) is 16.6 Å². The highest BCUT2D eigenvalue weighted by Crippen LogP contribution is 2.43. The van der Waals surface area contributed by atoms with E-state index < -0.39 is 0 Å². The molecule has 2 nitrogen and oxygen atoms in total. The summed E-state index contributed by atoms with van der Waals surface area (Å²) in [5, 5.41) is 9.50. The molecule has 0 saturated carbocycles. The fourth-order valence-corrected chi connectivity index (χ4v) is 3.46. The highest BCUT2D eigenvalue weighted by Gasteiger charge is 2.38. The maximum Gasteiger partial charge on any atom is 0.0795 e. The van der Waals surface area contributed by atoms with E-state index >= 15 is 0 Å². The highest BCUT2D eigenvalue weighted by atomic mass is 35.5. The molecular weight excluding hydrogens is 256 g/mol. The molecule has 100 valence electrons. The Bertz CT molecular complexity index is 565. The van der Waals surface area contributed by atoms with E-state index in [1.165, 1.54) is 5.57 Å². The molecule has 2 unspecified atom stereocenters. The van der Waals surface area contributed by atoms with Gasteiger partial charge in [-0.05, 0) is 48.8 Å². The summed E-state index contributed by atoms with van der Waals surface area (Å²) >= 11 is 6.29. The number of hydrogen-bond donors (Lipinski definition) is 1. The first kappa shape index (κ1) is 12.9. The van der Waals surface area contributed by atoms with Crippen LogP contribution in [0, 0.1) is 16.7 Å². The van der Waals surface area contributed by atoms with Crippen LogP contribution in [0.1, 0.15) is 39.5 Å². The van der Waals surface area contributed by atoms with Crippen LogP contribution in [-0.2, 0) is 0 Å². The Hall–Kier alpha value is -1.15. The van der Waals surface area contributed by atoms with Crippen molar-refractivity contribution in [3.05, 3.63) is 34.5 Å². The van der Waals surface area contributed by atoms with Crippen LogP contribution >= 0.6 is 11.6 Å². The Morgan fingerprint density at radius 3 is 3.05 bits per heavy atom. The molecule has 0 radical (unpaired) electrons. The van der Waals surface area contributed by atoms with E-state index in [2.05, 4.69) is 31.0 Å². The van der Waals surface area contributed by atoms with Crippen LogP contribution in [0.5, 0.6) is 0 Å². The molecule has 1 N–H and O–H groups in total. The van der Waals surface area contributed by atoms with Crippen LogP contribution < -0.4 is 0 Å². The Kier molecular flexibility index (Phi) is 3.01. The Labute approximate surface area is 119 Å². The molecule has 0 amide bonds. The minimum absolute atomic E-state index is 0.0206. The smallest absolute Gasteiger partial charge is 0.0795 e. The molecule has 2 atom stereocenters. The van der Waals surface area contributed by atoms with Gasteiger partial charge in [0.25, 0.3) is 0 Å². The van der Waals surface area contributed by atoms with Crippen LogP contribution in [-0.4, -0.2) is 11.4 Å². The maximum atomic E-state index is 8.56. The molecule has 0 aromatic heterocycles. The van der Waals surface area contributed by atoms with E-state index in [0.29, 0.717) is 11.6 Å². The lowest BCUT2D eigenvalue weighted by atomic mass is 9.75. The molecule has 0 bridgehead atoms. The van der Waals surface area contributed by atoms with E-state index in [4.69, 9.17) is 17.0 Å². The summed E-state index contributed by atoms with van der Waals surface area (Å²) in [6, 6.07) is 0. The summed E-state index contributed by atoms with van der Waals surface area (Å²) in [4.78, 5) is 4.52. The molecule has 2 aliphatic carbocycles. The van der Waals surface area contributed by atoms with Gasteiger partial charge in [-0.2, -0.15) is 0 Å². The van der Waals surface area contributed by atoms with Gasteiger partial charge >= 0.3 is 0 Å². The quantitative estimate of drug-likeness (QED) is 0.669. The van der Waals surface area contributed by atoms with Gasteiger partial charge in [0.2, 0.25) is 0 Å². The van der Waals surface area contributed by atoms with Crippen LogP contribution in [0.3, 0.4) is 0 Å². The van der Waals surface area contributed by atoms with Crippen molar-refractivity contribution in [3.8, 4) is 0 Å². The van der Waals surface area contributed by atoms with Crippen LogP contribution in [0.25, 0.3) is 0 Å². The molecule has 3 heteroatoms. The average Bonchev–Trinajstić information content (AvgIpc) is 2.48. The normalized spacial score (nSPS) is 34.3. The molecule has 0 aromatic carbocycles. The number of aliphatic imine (C=N–C) groups is 1. The third-order valence-electron chi connectivity index (χ3n) is 4.61. The van der Waals surface area contributed by atoms with E-state index in [0.717, 1.165) is 42.0 Å². The van der Waals surface area contributed by atoms with Crippen molar-refractivity contribution in [1.82, 2.24) is 0 Å². The van der Waals surface area contributed by atoms with Crippen molar-refractivity contribution < 1.29 is 0 Å². The zero-order valence-electron chi connectivity index (χ0n) is 11.5. The Morgan fingerprint density at radius 1 is 1.47 bits per heavy atom. The first-order valence-electron chi connectivity index (χ1n) is 6.93. The van der Waals surface area contributed by atoms with E-state index in [-0.39, 0.29) is 5.41 Å². The van der Waals surface area contributed by atoms with Gasteiger partial charge < -0.3 is 0 Å². The molecular formula is C16H19ClN2. The van der Waals surface area contributed by atoms with Crippen molar-refractivity contribution in [2.75, 3.05) is 0 Å². The topological polar surface area (TPSA) is 36.2 Å². The highest BCUT2D eigenvalue weighted by molar-refractivity contribution is 6.49. The number of rotatable bonds is 0. The van der Waals surface area contributed by atoms with Gasteiger partial charge in [-0.1, -0.05) is 31.5 Å². The molecule has 19 heavy (non-hydrogen) atoms. The Morgan fingerprint density at radius 2 is 2.26 bits per heavy atom. The third-order valence-corrected chi connectivity index (χ3v) is 5.10. The predicted octanol–water partition coefficient (Wildman–Crippen LogP) is 4.62. The lowest BCUT2D eigenvalue weighted by Crippen LogP contribution is -2.34. The zero-order valence-corrected chi connectivity index (χ0v) is 12.2. The monoisotopic (exact) mass is 274 g/mol. The van der Waals surface area contributed by atoms with Crippen molar-refractivity contribution in [2.24, 2.45) is 16.3 Å². The lowest BCUT2D eigenvalue weighted by molar-refractivity contribution is 0.435. The number of hydrogen-bond acceptors (Lipinski definition) is 2. The summed E-state index contributed by atoms with van der Waals surface area (Å²) in [5.41, 5.74) is 4.05. The van der Waals surface area contributed by atoms with Crippen LogP contribution in [0.15, 0.2) is 39.5 Å². The van der Waals surface area contributed by atoms with Crippen molar-refractivity contribution >= 4 is 23.0 Å². The maximum absolute atomic E-state index is 8.56. The summed E-state index contributed by atoms with van der Waals surface area (Å²) in [6.45, 7) is 4.36. The first-order chi connectivity index (χ1) is 9.01. The van der Waals surface area contributed by atoms with Crippen molar-refractivity contribution in [1.29, 1.82) is 5.41 Å². The molecule has 3 rings (SSSR count). The van der Waals surface area contributed by atoms with Gasteiger partial charge in [-0.15, -0.1) is 0 Å². The molecule has 0 saturated heterocycles. The summed E-state index contributed by atoms with van der Waals surface area (Å²) in [7, 11) is 0. The van der Waals surface area contributed by atoms with E-state index in [1.54, 1.807) is 0 Å². The fourth-order valence-electron chi connectivity index (χ4n) is 3.25. The Balaban J connectivity index is 2.08. The van der Waals surface area contributed by atoms with Gasteiger partial charge in [0.05, 0.1) is 11.4 Å². The largest absolute Gasteiger partial charge is 0.299 e. The number of fused-ring (bicyclic) bond motifs is 1. The molecule has 0 spiro atoms. The first-order valence-corrected chi connectivity index (χ1v) is 7.31. The standard InChI is InChI=1S/C16H19ClN2/c1-10-8-12-11(9-13(10)17)4-6-16(2)5-3-7-19-15(16)14(12)18/h3,7,9-10,18H,4-6,8H2,1-2H3. The van der Waals surface area contributed by atoms with Gasteiger partial charge in [-0.3, -0.25) is 10.4 Å². The van der Waals surface area contributed by atoms with Crippen LogP contribution in [0.4, 0.5) is 0 Å². The van der Waals surface area contributed by atoms with Gasteiger partial charge in [-0.25, -0.2) is 0 Å². The summed E-state index contributed by atoms with van der Waals surface area (Å²) in [6.07, 6.45) is 9.98. The number of nitrogens with zero attached hydrogens (tertiary/aromatic N) is 1. The number of nitrogens with one attached hydrogen (secondary N) is 1. The molecule has 0 aromatic rings. The lowest BCUT2D eigenvalue weighted by Gasteiger charge is -2.31. The van der Waals surface area contributed by atoms with Crippen LogP contribution in [0.2, 0.25) is 0 Å². The second-order valence-electron chi connectivity index (χ2n) is 6.14. The van der Waals surface area contributed by atoms with E-state index in [1.807, 2.05) is 6.20 Å². The second-order valence-corrected chi connectivity index (χ2v) is 6.58. The second kappa shape index (κ2) is 4.45. The minimum Gasteiger partial charge on any atom is -0.299 e. The number of allylic oxidation sites excluding steroid dienone is 5. The fraction of sp³-hybridized carbons (Fsp3) is 0.500. The molecule has 3 aliphatic rings. The SMILES string of the molecule is CC1CC2=C(C=C1Cl)CCC1(C)CC=CN=C1C2=N. The summed E-state index contributed by atoms with van der Waals surface area (Å²) < 4.78 is 0. The predicted molar refractivity (Wildman–Crippen MR) is 81.0 cm³/mol. The van der Waals surface area contributed by atoms with Crippen molar-refractivity contribution in [3.63, 3.8) is 0 Å². The minimum atomic E-state index is 0.0206. The van der Waals surface area contributed by atoms with Gasteiger partial charge in [0.15, 0.2) is 0 Å². The number of halogens is 1. The molecule has 1 heterocycles. The zero-order chi connectivity index (χ0) is 13.6. The molecule has 1 aliphatic heterocycles. The van der Waals surface area contributed by atoms with Crippen molar-refractivity contribution in [2.45, 2.75) is 39.5 Å². The third kappa shape index (κ3) is 2.02. The summed E-state index contributed by atoms with van der Waals surface area (Å²) in [5.74, 6) is 0.324.